The Bertz CT molecular complexity index is 825. The van der Waals surface area contributed by atoms with Gasteiger partial charge in [-0.05, 0) is 6.92 Å². The van der Waals surface area contributed by atoms with E-state index in [9.17, 15) is 10.7 Å². The number of hydrogen-bond donors (Lipinski definition) is 3. The normalized spacial score (nSPS) is 11.9. The standard InChI is InChI=1S/C17H24N7O/c1-9(19)20-14-11(13(22-23-14)17(5,6)7)21-15-10(8-18)12(24-25-15)16(2,3)4/h21H,1-7H3,(H2-,19,20,22,23)/q-1. The van der Waals surface area contributed by atoms with Crippen LogP contribution >= 0.6 is 0 Å². The third-order valence-corrected chi connectivity index (χ3v) is 3.57. The Hall–Kier alpha value is -2.82. The molecule has 0 aromatic carbocycles. The Morgan fingerprint density at radius 1 is 1.20 bits per heavy atom. The molecule has 3 N–H and O–H groups in total. The highest BCUT2D eigenvalue weighted by molar-refractivity contribution is 5.98. The van der Waals surface area contributed by atoms with E-state index in [1.807, 2.05) is 41.5 Å². The van der Waals surface area contributed by atoms with Crippen molar-refractivity contribution < 1.29 is 4.52 Å². The summed E-state index contributed by atoms with van der Waals surface area (Å²) in [6, 6.07) is 2.16. The molecule has 0 radical (unpaired) electrons. The first-order valence-electron chi connectivity index (χ1n) is 8.00. The van der Waals surface area contributed by atoms with Gasteiger partial charge in [0.25, 0.3) is 0 Å². The fraction of sp³-hybridized carbons (Fsp3) is 0.529. The Morgan fingerprint density at radius 3 is 2.32 bits per heavy atom. The minimum absolute atomic E-state index is 0.00321. The second-order valence-electron chi connectivity index (χ2n) is 8.00. The second-order valence-corrected chi connectivity index (χ2v) is 8.00. The molecule has 0 atom stereocenters. The molecule has 2 heterocycles. The first-order valence-corrected chi connectivity index (χ1v) is 8.00. The van der Waals surface area contributed by atoms with Crippen molar-refractivity contribution in [3.63, 3.8) is 0 Å². The summed E-state index contributed by atoms with van der Waals surface area (Å²) >= 11 is 0. The van der Waals surface area contributed by atoms with Gasteiger partial charge in [-0.3, -0.25) is 5.10 Å². The first kappa shape index (κ1) is 18.5. The lowest BCUT2D eigenvalue weighted by Crippen LogP contribution is -2.15. The number of H-pyrrole nitrogens is 1. The highest BCUT2D eigenvalue weighted by Gasteiger charge is 2.29. The summed E-state index contributed by atoms with van der Waals surface area (Å²) < 4.78 is 5.39. The predicted molar refractivity (Wildman–Crippen MR) is 98.2 cm³/mol. The van der Waals surface area contributed by atoms with E-state index in [1.54, 1.807) is 0 Å². The molecule has 0 aliphatic heterocycles. The van der Waals surface area contributed by atoms with Crippen LogP contribution in [-0.2, 0) is 10.8 Å². The Morgan fingerprint density at radius 2 is 1.84 bits per heavy atom. The molecule has 2 aromatic rings. The number of anilines is 3. The summed E-state index contributed by atoms with van der Waals surface area (Å²) in [7, 11) is 0. The van der Waals surface area contributed by atoms with Gasteiger partial charge in [0.1, 0.15) is 17.3 Å². The topological polar surface area (TPSA) is 125 Å². The van der Waals surface area contributed by atoms with Gasteiger partial charge in [-0.1, -0.05) is 52.5 Å². The third-order valence-electron chi connectivity index (χ3n) is 3.57. The number of aromatic amines is 1. The highest BCUT2D eigenvalue weighted by atomic mass is 16.5. The van der Waals surface area contributed by atoms with E-state index >= 15 is 0 Å². The van der Waals surface area contributed by atoms with Crippen molar-refractivity contribution in [1.82, 2.24) is 15.4 Å². The predicted octanol–water partition coefficient (Wildman–Crippen LogP) is 4.01. The van der Waals surface area contributed by atoms with E-state index in [-0.39, 0.29) is 22.5 Å². The van der Waals surface area contributed by atoms with Crippen molar-refractivity contribution >= 4 is 23.2 Å². The smallest absolute Gasteiger partial charge is 0.247 e. The van der Waals surface area contributed by atoms with Crippen LogP contribution in [0.5, 0.6) is 0 Å². The molecule has 0 unspecified atom stereocenters. The molecular formula is C17H24N7O-. The zero-order chi connectivity index (χ0) is 19.0. The summed E-state index contributed by atoms with van der Waals surface area (Å²) in [4.78, 5) is 0. The van der Waals surface area contributed by atoms with Crippen molar-refractivity contribution in [3.05, 3.63) is 22.4 Å². The van der Waals surface area contributed by atoms with Gasteiger partial charge >= 0.3 is 0 Å². The molecule has 0 aliphatic rings. The lowest BCUT2D eigenvalue weighted by molar-refractivity contribution is 0.404. The lowest BCUT2D eigenvalue weighted by atomic mass is 9.89. The van der Waals surface area contributed by atoms with Crippen molar-refractivity contribution in [2.45, 2.75) is 59.3 Å². The first-order chi connectivity index (χ1) is 11.4. The zero-order valence-corrected chi connectivity index (χ0v) is 15.7. The quantitative estimate of drug-likeness (QED) is 0.571. The molecule has 0 saturated heterocycles. The summed E-state index contributed by atoms with van der Waals surface area (Å²) in [5.74, 6) is 0.656. The van der Waals surface area contributed by atoms with Crippen LogP contribution in [-0.4, -0.2) is 21.2 Å². The Balaban J connectivity index is 2.54. The number of aromatic nitrogens is 3. The second kappa shape index (κ2) is 6.24. The van der Waals surface area contributed by atoms with Crippen LogP contribution in [0.4, 0.5) is 17.4 Å². The fourth-order valence-corrected chi connectivity index (χ4v) is 2.37. The van der Waals surface area contributed by atoms with Crippen LogP contribution in [0, 0.1) is 11.3 Å². The van der Waals surface area contributed by atoms with Gasteiger partial charge in [0, 0.05) is 10.8 Å². The Labute approximate surface area is 147 Å². The Kier molecular flexibility index (Phi) is 4.62. The maximum Gasteiger partial charge on any atom is 0.247 e. The summed E-state index contributed by atoms with van der Waals surface area (Å²) in [5.41, 5.74) is 1.75. The van der Waals surface area contributed by atoms with E-state index in [1.165, 1.54) is 6.92 Å². The summed E-state index contributed by atoms with van der Waals surface area (Å²) in [6.45, 7) is 13.5. The highest BCUT2D eigenvalue weighted by Crippen LogP contribution is 2.37. The molecule has 8 heteroatoms. The largest absolute Gasteiger partial charge is 0.469 e. The number of rotatable bonds is 3. The van der Waals surface area contributed by atoms with Gasteiger partial charge in [0.15, 0.2) is 0 Å². The molecule has 0 spiro atoms. The number of nitriles is 1. The van der Waals surface area contributed by atoms with Gasteiger partial charge in [-0.15, -0.1) is 0 Å². The maximum absolute atomic E-state index is 9.56. The van der Waals surface area contributed by atoms with Gasteiger partial charge in [-0.2, -0.15) is 10.4 Å². The van der Waals surface area contributed by atoms with Crippen LogP contribution in [0.3, 0.4) is 0 Å². The number of amidine groups is 1. The van der Waals surface area contributed by atoms with E-state index in [0.29, 0.717) is 22.8 Å². The minimum Gasteiger partial charge on any atom is -0.469 e. The number of nitrogens with zero attached hydrogens (tertiary/aromatic N) is 4. The molecule has 134 valence electrons. The van der Waals surface area contributed by atoms with Crippen molar-refractivity contribution in [3.8, 4) is 6.07 Å². The average Bonchev–Trinajstić information content (AvgIpc) is 3.02. The molecule has 25 heavy (non-hydrogen) atoms. The molecule has 0 fully saturated rings. The van der Waals surface area contributed by atoms with Gasteiger partial charge < -0.3 is 20.6 Å². The average molecular weight is 342 g/mol. The van der Waals surface area contributed by atoms with E-state index in [0.717, 1.165) is 5.69 Å². The fourth-order valence-electron chi connectivity index (χ4n) is 2.37. The molecule has 8 nitrogen and oxygen atoms in total. The van der Waals surface area contributed by atoms with E-state index < -0.39 is 0 Å². The van der Waals surface area contributed by atoms with Crippen LogP contribution in [0.2, 0.25) is 0 Å². The van der Waals surface area contributed by atoms with Crippen LogP contribution in [0.15, 0.2) is 4.52 Å². The molecule has 0 bridgehead atoms. The van der Waals surface area contributed by atoms with Gasteiger partial charge in [0.05, 0.1) is 17.2 Å². The van der Waals surface area contributed by atoms with Crippen LogP contribution in [0.1, 0.15) is 65.4 Å². The van der Waals surface area contributed by atoms with E-state index in [2.05, 4.69) is 32.1 Å². The molecule has 0 saturated carbocycles. The number of nitrogens with one attached hydrogen (secondary N) is 3. The maximum atomic E-state index is 9.56. The van der Waals surface area contributed by atoms with Gasteiger partial charge in [0.2, 0.25) is 5.88 Å². The summed E-state index contributed by atoms with van der Waals surface area (Å²) in [5, 5.41) is 36.2. The zero-order valence-electron chi connectivity index (χ0n) is 15.7. The monoisotopic (exact) mass is 342 g/mol. The van der Waals surface area contributed by atoms with Gasteiger partial charge in [-0.25, -0.2) is 0 Å². The summed E-state index contributed by atoms with van der Waals surface area (Å²) in [6.07, 6.45) is 0. The lowest BCUT2D eigenvalue weighted by Gasteiger charge is -2.20. The molecular weight excluding hydrogens is 318 g/mol. The number of hydrogen-bond acceptors (Lipinski definition) is 5. The van der Waals surface area contributed by atoms with E-state index in [4.69, 9.17) is 4.52 Å². The van der Waals surface area contributed by atoms with Crippen molar-refractivity contribution in [1.29, 1.82) is 5.26 Å². The molecule has 0 aliphatic carbocycles. The minimum atomic E-state index is -0.325. The third kappa shape index (κ3) is 3.82. The molecule has 2 rings (SSSR count). The van der Waals surface area contributed by atoms with Crippen LogP contribution in [0.25, 0.3) is 5.41 Å². The molecule has 2 aromatic heterocycles. The molecule has 0 amide bonds. The SMILES string of the molecule is CC(=[N-])Nc1n[nH]c(C(C)(C)C)c1Nc1onc(C(C)(C)C)c1C#N. The van der Waals surface area contributed by atoms with Crippen LogP contribution < -0.4 is 10.6 Å². The van der Waals surface area contributed by atoms with Crippen molar-refractivity contribution in [2.75, 3.05) is 10.6 Å². The van der Waals surface area contributed by atoms with Crippen molar-refractivity contribution in [2.24, 2.45) is 0 Å².